The molecule has 100 valence electrons. The predicted octanol–water partition coefficient (Wildman–Crippen LogP) is 1.04. The van der Waals surface area contributed by atoms with Crippen LogP contribution in [0.1, 0.15) is 12.7 Å². The summed E-state index contributed by atoms with van der Waals surface area (Å²) in [6.07, 6.45) is 0.0941. The second-order valence-corrected chi connectivity index (χ2v) is 4.16. The first-order valence-corrected chi connectivity index (χ1v) is 6.30. The molecule has 0 aromatic carbocycles. The molecule has 0 saturated carbocycles. The molecular formula is C12H20N4O2. The molecule has 18 heavy (non-hydrogen) atoms. The van der Waals surface area contributed by atoms with Crippen molar-refractivity contribution in [2.45, 2.75) is 20.0 Å². The van der Waals surface area contributed by atoms with Gasteiger partial charge in [0.15, 0.2) is 0 Å². The lowest BCUT2D eigenvalue weighted by atomic mass is 10.3. The van der Waals surface area contributed by atoms with Crippen molar-refractivity contribution in [3.8, 4) is 0 Å². The molecule has 1 unspecified atom stereocenters. The van der Waals surface area contributed by atoms with Crippen LogP contribution in [0.15, 0.2) is 6.07 Å². The van der Waals surface area contributed by atoms with Gasteiger partial charge in [-0.3, -0.25) is 0 Å². The standard InChI is InChI=1S/C12H20N4O2/c1-3-13-11-6-12(16-9(2)15-11)14-7-10-8-17-4-5-18-10/h6,10H,3-5,7-8H2,1-2H3,(H2,13,14,15,16). The Hall–Kier alpha value is -1.40. The van der Waals surface area contributed by atoms with Crippen molar-refractivity contribution in [3.05, 3.63) is 11.9 Å². The van der Waals surface area contributed by atoms with Crippen molar-refractivity contribution in [1.29, 1.82) is 0 Å². The SMILES string of the molecule is CCNc1cc(NCC2COCCO2)nc(C)n1. The highest BCUT2D eigenvalue weighted by Gasteiger charge is 2.14. The highest BCUT2D eigenvalue weighted by molar-refractivity contribution is 5.47. The lowest BCUT2D eigenvalue weighted by Crippen LogP contribution is -2.34. The van der Waals surface area contributed by atoms with E-state index in [1.54, 1.807) is 0 Å². The third kappa shape index (κ3) is 3.82. The molecule has 1 aliphatic heterocycles. The fraction of sp³-hybridized carbons (Fsp3) is 0.667. The first kappa shape index (κ1) is 13.0. The summed E-state index contributed by atoms with van der Waals surface area (Å²) >= 11 is 0. The van der Waals surface area contributed by atoms with Crippen LogP contribution in [0, 0.1) is 6.92 Å². The Kier molecular flexibility index (Phi) is 4.72. The van der Waals surface area contributed by atoms with E-state index < -0.39 is 0 Å². The number of hydrogen-bond donors (Lipinski definition) is 2. The highest BCUT2D eigenvalue weighted by atomic mass is 16.6. The van der Waals surface area contributed by atoms with E-state index in [1.807, 2.05) is 19.9 Å². The van der Waals surface area contributed by atoms with Crippen molar-refractivity contribution in [3.63, 3.8) is 0 Å². The first-order valence-electron chi connectivity index (χ1n) is 6.30. The van der Waals surface area contributed by atoms with Crippen LogP contribution in [-0.2, 0) is 9.47 Å². The van der Waals surface area contributed by atoms with Gasteiger partial charge in [-0.1, -0.05) is 0 Å². The van der Waals surface area contributed by atoms with E-state index in [2.05, 4.69) is 20.6 Å². The van der Waals surface area contributed by atoms with Crippen LogP contribution in [0.3, 0.4) is 0 Å². The molecule has 0 bridgehead atoms. The molecule has 1 saturated heterocycles. The van der Waals surface area contributed by atoms with E-state index in [0.717, 1.165) is 24.0 Å². The molecule has 1 aromatic rings. The summed E-state index contributed by atoms with van der Waals surface area (Å²) in [4.78, 5) is 8.64. The van der Waals surface area contributed by atoms with Crippen LogP contribution in [0.5, 0.6) is 0 Å². The van der Waals surface area contributed by atoms with E-state index in [9.17, 15) is 0 Å². The van der Waals surface area contributed by atoms with Crippen molar-refractivity contribution in [1.82, 2.24) is 9.97 Å². The van der Waals surface area contributed by atoms with Gasteiger partial charge in [0.05, 0.1) is 25.9 Å². The number of aromatic nitrogens is 2. The molecule has 0 aliphatic carbocycles. The molecule has 1 aliphatic rings. The maximum absolute atomic E-state index is 5.56. The fourth-order valence-electron chi connectivity index (χ4n) is 1.80. The summed E-state index contributed by atoms with van der Waals surface area (Å²) in [7, 11) is 0. The van der Waals surface area contributed by atoms with Crippen molar-refractivity contribution < 1.29 is 9.47 Å². The number of ether oxygens (including phenoxy) is 2. The third-order valence-electron chi connectivity index (χ3n) is 2.59. The Morgan fingerprint density at radius 3 is 2.72 bits per heavy atom. The second-order valence-electron chi connectivity index (χ2n) is 4.16. The topological polar surface area (TPSA) is 68.3 Å². The van der Waals surface area contributed by atoms with E-state index in [-0.39, 0.29) is 6.10 Å². The van der Waals surface area contributed by atoms with Crippen molar-refractivity contribution in [2.24, 2.45) is 0 Å². The molecule has 1 atom stereocenters. The van der Waals surface area contributed by atoms with Gasteiger partial charge in [-0.05, 0) is 13.8 Å². The number of aryl methyl sites for hydroxylation is 1. The van der Waals surface area contributed by atoms with E-state index >= 15 is 0 Å². The summed E-state index contributed by atoms with van der Waals surface area (Å²) in [5.41, 5.74) is 0. The van der Waals surface area contributed by atoms with Crippen LogP contribution in [0.4, 0.5) is 11.6 Å². The van der Waals surface area contributed by atoms with E-state index in [1.165, 1.54) is 0 Å². The quantitative estimate of drug-likeness (QED) is 0.816. The molecule has 2 heterocycles. The Morgan fingerprint density at radius 1 is 1.28 bits per heavy atom. The van der Waals surface area contributed by atoms with Crippen LogP contribution < -0.4 is 10.6 Å². The molecule has 6 nitrogen and oxygen atoms in total. The average molecular weight is 252 g/mol. The van der Waals surface area contributed by atoms with Crippen molar-refractivity contribution in [2.75, 3.05) is 43.5 Å². The van der Waals surface area contributed by atoms with Gasteiger partial charge in [-0.2, -0.15) is 0 Å². The maximum atomic E-state index is 5.56. The number of anilines is 2. The minimum Gasteiger partial charge on any atom is -0.376 e. The number of hydrogen-bond acceptors (Lipinski definition) is 6. The van der Waals surface area contributed by atoms with Crippen LogP contribution in [0.2, 0.25) is 0 Å². The zero-order valence-corrected chi connectivity index (χ0v) is 10.9. The molecule has 1 fully saturated rings. The monoisotopic (exact) mass is 252 g/mol. The van der Waals surface area contributed by atoms with Gasteiger partial charge < -0.3 is 20.1 Å². The molecular weight excluding hydrogens is 232 g/mol. The average Bonchev–Trinajstić information content (AvgIpc) is 2.37. The van der Waals surface area contributed by atoms with Gasteiger partial charge in [0.25, 0.3) is 0 Å². The molecule has 6 heteroatoms. The smallest absolute Gasteiger partial charge is 0.131 e. The van der Waals surface area contributed by atoms with Gasteiger partial charge in [-0.25, -0.2) is 9.97 Å². The molecule has 0 spiro atoms. The zero-order chi connectivity index (χ0) is 12.8. The van der Waals surface area contributed by atoms with Gasteiger partial charge in [-0.15, -0.1) is 0 Å². The largest absolute Gasteiger partial charge is 0.376 e. The molecule has 2 rings (SSSR count). The van der Waals surface area contributed by atoms with Crippen LogP contribution >= 0.6 is 0 Å². The normalized spacial score (nSPS) is 19.6. The number of nitrogens with zero attached hydrogens (tertiary/aromatic N) is 2. The Bertz CT molecular complexity index is 380. The zero-order valence-electron chi connectivity index (χ0n) is 10.9. The highest BCUT2D eigenvalue weighted by Crippen LogP contribution is 2.11. The predicted molar refractivity (Wildman–Crippen MR) is 70.0 cm³/mol. The Labute approximate surface area is 107 Å². The van der Waals surface area contributed by atoms with Gasteiger partial charge >= 0.3 is 0 Å². The maximum Gasteiger partial charge on any atom is 0.131 e. The lowest BCUT2D eigenvalue weighted by molar-refractivity contribution is -0.0819. The van der Waals surface area contributed by atoms with Crippen LogP contribution in [0.25, 0.3) is 0 Å². The second kappa shape index (κ2) is 6.51. The van der Waals surface area contributed by atoms with Crippen LogP contribution in [-0.4, -0.2) is 49.0 Å². The molecule has 1 aromatic heterocycles. The van der Waals surface area contributed by atoms with E-state index in [0.29, 0.717) is 26.4 Å². The summed E-state index contributed by atoms with van der Waals surface area (Å²) < 4.78 is 10.9. The summed E-state index contributed by atoms with van der Waals surface area (Å²) in [5, 5.41) is 6.44. The van der Waals surface area contributed by atoms with E-state index in [4.69, 9.17) is 9.47 Å². The van der Waals surface area contributed by atoms with Crippen molar-refractivity contribution >= 4 is 11.6 Å². The fourth-order valence-corrected chi connectivity index (χ4v) is 1.80. The number of rotatable bonds is 5. The summed E-state index contributed by atoms with van der Waals surface area (Å²) in [6, 6.07) is 1.90. The molecule has 2 N–H and O–H groups in total. The minimum absolute atomic E-state index is 0.0941. The number of nitrogens with one attached hydrogen (secondary N) is 2. The lowest BCUT2D eigenvalue weighted by Gasteiger charge is -2.23. The Morgan fingerprint density at radius 2 is 2.06 bits per heavy atom. The minimum atomic E-state index is 0.0941. The Balaban J connectivity index is 1.91. The summed E-state index contributed by atoms with van der Waals surface area (Å²) in [6.45, 7) is 7.45. The van der Waals surface area contributed by atoms with Gasteiger partial charge in [0.1, 0.15) is 17.5 Å². The third-order valence-corrected chi connectivity index (χ3v) is 2.59. The first-order chi connectivity index (χ1) is 8.78. The summed E-state index contributed by atoms with van der Waals surface area (Å²) in [5.74, 6) is 2.40. The van der Waals surface area contributed by atoms with Gasteiger partial charge in [0.2, 0.25) is 0 Å². The molecule has 0 amide bonds. The molecule has 0 radical (unpaired) electrons. The van der Waals surface area contributed by atoms with Gasteiger partial charge in [0, 0.05) is 19.2 Å².